The summed E-state index contributed by atoms with van der Waals surface area (Å²) in [6, 6.07) is 12.0. The quantitative estimate of drug-likeness (QED) is 0.677. The Morgan fingerprint density at radius 3 is 2.61 bits per heavy atom. The highest BCUT2D eigenvalue weighted by Gasteiger charge is 2.42. The fourth-order valence-electron chi connectivity index (χ4n) is 5.59. The molecule has 5 rings (SSSR count). The zero-order valence-electron chi connectivity index (χ0n) is 17.1. The van der Waals surface area contributed by atoms with E-state index in [1.165, 1.54) is 17.8 Å². The standard InChI is InChI=1S/C25H23FN4O/c26-20-2-4-24-23(11-20)22(5-6-28-24)19-9-17-7-15(8-18(17)10-19)13-30-25(31)16-1-3-21(12-27)29-14-16/h1-6,11,14-15,17-19H,7-10,13H2,(H,30,31)/t15-,17-,18+,19+. The largest absolute Gasteiger partial charge is 0.352 e. The first-order valence-corrected chi connectivity index (χ1v) is 10.8. The van der Waals surface area contributed by atoms with Crippen molar-refractivity contribution in [2.45, 2.75) is 31.6 Å². The van der Waals surface area contributed by atoms with Crippen LogP contribution < -0.4 is 5.32 Å². The molecule has 0 radical (unpaired) electrons. The van der Waals surface area contributed by atoms with E-state index in [1.54, 1.807) is 24.3 Å². The summed E-state index contributed by atoms with van der Waals surface area (Å²) in [5, 5.41) is 12.8. The molecular weight excluding hydrogens is 391 g/mol. The number of nitriles is 1. The molecule has 156 valence electrons. The van der Waals surface area contributed by atoms with Crippen molar-refractivity contribution >= 4 is 16.8 Å². The van der Waals surface area contributed by atoms with Crippen molar-refractivity contribution in [3.63, 3.8) is 0 Å². The van der Waals surface area contributed by atoms with Gasteiger partial charge >= 0.3 is 0 Å². The molecule has 2 aromatic heterocycles. The first kappa shape index (κ1) is 19.6. The molecule has 1 aromatic carbocycles. The van der Waals surface area contributed by atoms with Gasteiger partial charge in [0.25, 0.3) is 5.91 Å². The van der Waals surface area contributed by atoms with Crippen LogP contribution in [0.2, 0.25) is 0 Å². The molecule has 2 heterocycles. The lowest BCUT2D eigenvalue weighted by Gasteiger charge is -2.17. The minimum Gasteiger partial charge on any atom is -0.352 e. The van der Waals surface area contributed by atoms with Crippen LogP contribution in [0.1, 0.15) is 53.2 Å². The van der Waals surface area contributed by atoms with E-state index in [0.717, 1.165) is 36.6 Å². The molecule has 0 aliphatic heterocycles. The minimum atomic E-state index is -0.215. The van der Waals surface area contributed by atoms with Crippen LogP contribution in [0, 0.1) is 34.9 Å². The predicted octanol–water partition coefficient (Wildman–Crippen LogP) is 4.59. The lowest BCUT2D eigenvalue weighted by Crippen LogP contribution is -2.28. The van der Waals surface area contributed by atoms with Crippen molar-refractivity contribution in [3.8, 4) is 6.07 Å². The predicted molar refractivity (Wildman–Crippen MR) is 115 cm³/mol. The van der Waals surface area contributed by atoms with Crippen LogP contribution in [-0.2, 0) is 0 Å². The van der Waals surface area contributed by atoms with E-state index in [4.69, 9.17) is 5.26 Å². The van der Waals surface area contributed by atoms with Crippen LogP contribution in [-0.4, -0.2) is 22.4 Å². The summed E-state index contributed by atoms with van der Waals surface area (Å²) in [5.74, 6) is 1.88. The van der Waals surface area contributed by atoms with Crippen LogP contribution in [0.3, 0.4) is 0 Å². The van der Waals surface area contributed by atoms with E-state index in [2.05, 4.69) is 21.4 Å². The number of aromatic nitrogens is 2. The van der Waals surface area contributed by atoms with Gasteiger partial charge in [-0.25, -0.2) is 9.37 Å². The first-order chi connectivity index (χ1) is 15.1. The van der Waals surface area contributed by atoms with Gasteiger partial charge < -0.3 is 5.32 Å². The Morgan fingerprint density at radius 1 is 1.10 bits per heavy atom. The molecular formula is C25H23FN4O. The smallest absolute Gasteiger partial charge is 0.252 e. The van der Waals surface area contributed by atoms with Crippen LogP contribution >= 0.6 is 0 Å². The number of fused-ring (bicyclic) bond motifs is 2. The molecule has 5 nitrogen and oxygen atoms in total. The van der Waals surface area contributed by atoms with E-state index >= 15 is 0 Å². The number of benzene rings is 1. The minimum absolute atomic E-state index is 0.141. The number of carbonyl (C=O) groups is 1. The SMILES string of the molecule is N#Cc1ccc(C(=O)NC[C@@H]2C[C@@H]3C[C@H](c4ccnc5ccc(F)cc45)C[C@@H]3C2)cn1. The lowest BCUT2D eigenvalue weighted by molar-refractivity contribution is 0.0946. The van der Waals surface area contributed by atoms with Crippen molar-refractivity contribution in [1.29, 1.82) is 5.26 Å². The van der Waals surface area contributed by atoms with Gasteiger partial charge in [0, 0.05) is 24.3 Å². The normalized spacial score (nSPS) is 24.6. The van der Waals surface area contributed by atoms with Crippen molar-refractivity contribution in [2.24, 2.45) is 17.8 Å². The summed E-state index contributed by atoms with van der Waals surface area (Å²) in [6.45, 7) is 0.667. The summed E-state index contributed by atoms with van der Waals surface area (Å²) in [6.07, 6.45) is 7.74. The lowest BCUT2D eigenvalue weighted by atomic mass is 9.90. The Bertz CT molecular complexity index is 1160. The maximum atomic E-state index is 13.8. The second-order valence-corrected chi connectivity index (χ2v) is 8.84. The number of rotatable bonds is 4. The summed E-state index contributed by atoms with van der Waals surface area (Å²) in [4.78, 5) is 20.7. The molecule has 0 spiro atoms. The van der Waals surface area contributed by atoms with E-state index in [0.29, 0.717) is 41.5 Å². The molecule has 2 saturated carbocycles. The van der Waals surface area contributed by atoms with Gasteiger partial charge in [-0.3, -0.25) is 9.78 Å². The third-order valence-corrected chi connectivity index (χ3v) is 6.98. The van der Waals surface area contributed by atoms with Crippen molar-refractivity contribution in [2.75, 3.05) is 6.54 Å². The molecule has 3 aromatic rings. The number of carbonyl (C=O) groups excluding carboxylic acids is 1. The van der Waals surface area contributed by atoms with Gasteiger partial charge in [0.2, 0.25) is 0 Å². The average molecular weight is 414 g/mol. The van der Waals surface area contributed by atoms with Gasteiger partial charge in [-0.05, 0) is 91.3 Å². The second-order valence-electron chi connectivity index (χ2n) is 8.84. The Kier molecular flexibility index (Phi) is 5.11. The highest BCUT2D eigenvalue weighted by atomic mass is 19.1. The molecule has 0 saturated heterocycles. The maximum Gasteiger partial charge on any atom is 0.252 e. The van der Waals surface area contributed by atoms with Gasteiger partial charge in [-0.15, -0.1) is 0 Å². The molecule has 2 fully saturated rings. The van der Waals surface area contributed by atoms with Gasteiger partial charge in [0.1, 0.15) is 17.6 Å². The fraction of sp³-hybridized carbons (Fsp3) is 0.360. The molecule has 0 unspecified atom stereocenters. The highest BCUT2D eigenvalue weighted by molar-refractivity contribution is 5.93. The zero-order chi connectivity index (χ0) is 21.4. The third-order valence-electron chi connectivity index (χ3n) is 6.98. The molecule has 1 N–H and O–H groups in total. The molecule has 4 atom stereocenters. The molecule has 2 aliphatic rings. The number of nitrogens with zero attached hydrogens (tertiary/aromatic N) is 3. The average Bonchev–Trinajstić information content (AvgIpc) is 3.36. The van der Waals surface area contributed by atoms with Gasteiger partial charge in [-0.1, -0.05) is 0 Å². The molecule has 2 aliphatic carbocycles. The molecule has 1 amide bonds. The van der Waals surface area contributed by atoms with Gasteiger partial charge in [-0.2, -0.15) is 5.26 Å². The second kappa shape index (κ2) is 8.07. The van der Waals surface area contributed by atoms with Gasteiger partial charge in [0.05, 0.1) is 11.1 Å². The van der Waals surface area contributed by atoms with E-state index in [9.17, 15) is 9.18 Å². The topological polar surface area (TPSA) is 78.7 Å². The Morgan fingerprint density at radius 2 is 1.90 bits per heavy atom. The summed E-state index contributed by atoms with van der Waals surface area (Å²) in [5.41, 5.74) is 2.86. The molecule has 0 bridgehead atoms. The van der Waals surface area contributed by atoms with E-state index in [1.807, 2.05) is 12.3 Å². The highest BCUT2D eigenvalue weighted by Crippen LogP contribution is 2.53. The van der Waals surface area contributed by atoms with Gasteiger partial charge in [0.15, 0.2) is 0 Å². The van der Waals surface area contributed by atoms with Crippen molar-refractivity contribution in [1.82, 2.24) is 15.3 Å². The number of nitrogens with one attached hydrogen (secondary N) is 1. The van der Waals surface area contributed by atoms with Crippen LogP contribution in [0.5, 0.6) is 0 Å². The Balaban J connectivity index is 1.19. The van der Waals surface area contributed by atoms with Crippen LogP contribution in [0.15, 0.2) is 48.8 Å². The fourth-order valence-corrected chi connectivity index (χ4v) is 5.59. The summed E-state index contributed by atoms with van der Waals surface area (Å²) >= 11 is 0. The Hall–Kier alpha value is -3.33. The maximum absolute atomic E-state index is 13.8. The van der Waals surface area contributed by atoms with Crippen LogP contribution in [0.25, 0.3) is 10.9 Å². The molecule has 6 heteroatoms. The van der Waals surface area contributed by atoms with Crippen LogP contribution in [0.4, 0.5) is 4.39 Å². The third kappa shape index (κ3) is 3.88. The number of halogens is 1. The first-order valence-electron chi connectivity index (χ1n) is 10.8. The Labute approximate surface area is 180 Å². The zero-order valence-corrected chi connectivity index (χ0v) is 17.1. The summed E-state index contributed by atoms with van der Waals surface area (Å²) in [7, 11) is 0. The van der Waals surface area contributed by atoms with Crippen molar-refractivity contribution in [3.05, 3.63) is 71.4 Å². The number of pyridine rings is 2. The van der Waals surface area contributed by atoms with E-state index < -0.39 is 0 Å². The summed E-state index contributed by atoms with van der Waals surface area (Å²) < 4.78 is 13.8. The molecule has 31 heavy (non-hydrogen) atoms. The van der Waals surface area contributed by atoms with Crippen molar-refractivity contribution < 1.29 is 9.18 Å². The number of hydrogen-bond acceptors (Lipinski definition) is 4. The monoisotopic (exact) mass is 414 g/mol. The van der Waals surface area contributed by atoms with E-state index in [-0.39, 0.29) is 11.7 Å². The number of amides is 1. The number of hydrogen-bond donors (Lipinski definition) is 1.